The Balaban J connectivity index is 1.75. The minimum atomic E-state index is 0.000571. The number of hydrogen-bond donors (Lipinski definition) is 0. The second-order valence-electron chi connectivity index (χ2n) is 5.78. The molecule has 104 valence electrons. The first-order chi connectivity index (χ1) is 9.16. The third-order valence-corrected chi connectivity index (χ3v) is 5.97. The fraction of sp³-hybridized carbons (Fsp3) is 0.667. The van der Waals surface area contributed by atoms with Crippen molar-refractivity contribution in [1.29, 1.82) is 0 Å². The number of rotatable bonds is 3. The van der Waals surface area contributed by atoms with Crippen LogP contribution in [0.15, 0.2) is 12.1 Å². The number of hydrogen-bond acceptors (Lipinski definition) is 3. The third kappa shape index (κ3) is 2.61. The summed E-state index contributed by atoms with van der Waals surface area (Å²) in [7, 11) is 0. The SMILES string of the molecule is CC(C(=O)c1ccc(Cl)s1)N1CCCC2CCCC21. The summed E-state index contributed by atoms with van der Waals surface area (Å²) >= 11 is 7.34. The molecule has 0 amide bonds. The van der Waals surface area contributed by atoms with Crippen molar-refractivity contribution in [2.45, 2.75) is 51.1 Å². The van der Waals surface area contributed by atoms with Crippen molar-refractivity contribution in [3.8, 4) is 0 Å². The highest BCUT2D eigenvalue weighted by atomic mass is 35.5. The Hall–Kier alpha value is -0.380. The molecule has 1 saturated heterocycles. The van der Waals surface area contributed by atoms with Gasteiger partial charge in [-0.25, -0.2) is 0 Å². The van der Waals surface area contributed by atoms with Gasteiger partial charge < -0.3 is 0 Å². The molecule has 1 aliphatic heterocycles. The lowest BCUT2D eigenvalue weighted by Crippen LogP contribution is -2.50. The van der Waals surface area contributed by atoms with Gasteiger partial charge in [-0.3, -0.25) is 9.69 Å². The van der Waals surface area contributed by atoms with E-state index in [1.807, 2.05) is 12.1 Å². The topological polar surface area (TPSA) is 20.3 Å². The number of fused-ring (bicyclic) bond motifs is 1. The lowest BCUT2D eigenvalue weighted by atomic mass is 9.90. The van der Waals surface area contributed by atoms with Crippen LogP contribution in [0.25, 0.3) is 0 Å². The number of piperidine rings is 1. The van der Waals surface area contributed by atoms with Crippen LogP contribution >= 0.6 is 22.9 Å². The van der Waals surface area contributed by atoms with E-state index in [0.29, 0.717) is 10.4 Å². The Morgan fingerprint density at radius 3 is 2.89 bits per heavy atom. The minimum absolute atomic E-state index is 0.000571. The molecule has 1 aromatic heterocycles. The maximum Gasteiger partial charge on any atom is 0.189 e. The summed E-state index contributed by atoms with van der Waals surface area (Å²) in [5.41, 5.74) is 0. The van der Waals surface area contributed by atoms with Crippen molar-refractivity contribution in [1.82, 2.24) is 4.90 Å². The van der Waals surface area contributed by atoms with Crippen molar-refractivity contribution < 1.29 is 4.79 Å². The summed E-state index contributed by atoms with van der Waals surface area (Å²) in [5.74, 6) is 1.07. The van der Waals surface area contributed by atoms with E-state index < -0.39 is 0 Å². The Morgan fingerprint density at radius 2 is 2.16 bits per heavy atom. The number of carbonyl (C=O) groups excluding carboxylic acids is 1. The summed E-state index contributed by atoms with van der Waals surface area (Å²) in [6.45, 7) is 3.14. The summed E-state index contributed by atoms with van der Waals surface area (Å²) in [6, 6.07) is 4.33. The predicted octanol–water partition coefficient (Wildman–Crippen LogP) is 4.24. The number of Topliss-reactive ketones (excluding diaryl/α,β-unsaturated/α-hetero) is 1. The molecule has 3 atom stereocenters. The molecule has 1 saturated carbocycles. The molecule has 0 spiro atoms. The van der Waals surface area contributed by atoms with Gasteiger partial charge in [0.2, 0.25) is 0 Å². The number of halogens is 1. The predicted molar refractivity (Wildman–Crippen MR) is 80.2 cm³/mol. The van der Waals surface area contributed by atoms with Crippen molar-refractivity contribution in [3.05, 3.63) is 21.3 Å². The molecule has 19 heavy (non-hydrogen) atoms. The van der Waals surface area contributed by atoms with Crippen LogP contribution in [0, 0.1) is 5.92 Å². The Bertz CT molecular complexity index is 472. The zero-order chi connectivity index (χ0) is 13.4. The highest BCUT2D eigenvalue weighted by Gasteiger charge is 2.38. The summed E-state index contributed by atoms with van der Waals surface area (Å²) in [4.78, 5) is 15.8. The van der Waals surface area contributed by atoms with Gasteiger partial charge in [-0.1, -0.05) is 18.0 Å². The summed E-state index contributed by atoms with van der Waals surface area (Å²) in [6.07, 6.45) is 6.55. The molecule has 2 nitrogen and oxygen atoms in total. The molecule has 2 heterocycles. The highest BCUT2D eigenvalue weighted by molar-refractivity contribution is 7.18. The van der Waals surface area contributed by atoms with Gasteiger partial charge in [0.25, 0.3) is 0 Å². The highest BCUT2D eigenvalue weighted by Crippen LogP contribution is 2.38. The van der Waals surface area contributed by atoms with E-state index in [1.54, 1.807) is 0 Å². The van der Waals surface area contributed by atoms with E-state index >= 15 is 0 Å². The van der Waals surface area contributed by atoms with E-state index in [4.69, 9.17) is 11.6 Å². The standard InChI is InChI=1S/C15H20ClNOS/c1-10(15(18)13-7-8-14(16)19-13)17-9-3-5-11-4-2-6-12(11)17/h7-8,10-12H,2-6,9H2,1H3. The Labute approximate surface area is 123 Å². The van der Waals surface area contributed by atoms with Crippen LogP contribution < -0.4 is 0 Å². The lowest BCUT2D eigenvalue weighted by Gasteiger charge is -2.40. The normalized spacial score (nSPS) is 29.2. The Kier molecular flexibility index (Phi) is 3.97. The largest absolute Gasteiger partial charge is 0.291 e. The smallest absolute Gasteiger partial charge is 0.189 e. The molecule has 0 radical (unpaired) electrons. The molecule has 0 N–H and O–H groups in total. The van der Waals surface area contributed by atoms with Gasteiger partial charge in [0, 0.05) is 6.04 Å². The van der Waals surface area contributed by atoms with Crippen LogP contribution in [0.1, 0.15) is 48.7 Å². The van der Waals surface area contributed by atoms with Crippen molar-refractivity contribution in [2.75, 3.05) is 6.54 Å². The molecule has 1 aliphatic carbocycles. The lowest BCUT2D eigenvalue weighted by molar-refractivity contribution is 0.0568. The summed E-state index contributed by atoms with van der Waals surface area (Å²) in [5, 5.41) is 0. The average Bonchev–Trinajstić information content (AvgIpc) is 3.04. The number of carbonyl (C=O) groups is 1. The molecule has 1 aromatic rings. The first-order valence-corrected chi connectivity index (χ1v) is 8.41. The molecule has 0 bridgehead atoms. The molecule has 2 fully saturated rings. The van der Waals surface area contributed by atoms with Gasteiger partial charge >= 0.3 is 0 Å². The minimum Gasteiger partial charge on any atom is -0.291 e. The fourth-order valence-corrected chi connectivity index (χ4v) is 4.84. The summed E-state index contributed by atoms with van der Waals surface area (Å²) < 4.78 is 0.702. The van der Waals surface area contributed by atoms with Crippen LogP contribution in [0.4, 0.5) is 0 Å². The van der Waals surface area contributed by atoms with Gasteiger partial charge in [0.05, 0.1) is 15.3 Å². The maximum absolute atomic E-state index is 12.6. The van der Waals surface area contributed by atoms with Crippen molar-refractivity contribution in [3.63, 3.8) is 0 Å². The number of thiophene rings is 1. The average molecular weight is 298 g/mol. The maximum atomic E-state index is 12.6. The zero-order valence-corrected chi connectivity index (χ0v) is 12.8. The van der Waals surface area contributed by atoms with Crippen LogP contribution in [0.5, 0.6) is 0 Å². The van der Waals surface area contributed by atoms with E-state index in [9.17, 15) is 4.79 Å². The van der Waals surface area contributed by atoms with Gasteiger partial charge in [0.15, 0.2) is 5.78 Å². The van der Waals surface area contributed by atoms with E-state index in [-0.39, 0.29) is 11.8 Å². The molecule has 0 aromatic carbocycles. The van der Waals surface area contributed by atoms with Crippen LogP contribution in [0.3, 0.4) is 0 Å². The van der Waals surface area contributed by atoms with Gasteiger partial charge in [-0.15, -0.1) is 11.3 Å². The number of likely N-dealkylation sites (tertiary alicyclic amines) is 1. The number of nitrogens with zero attached hydrogens (tertiary/aromatic N) is 1. The molecule has 3 unspecified atom stereocenters. The van der Waals surface area contributed by atoms with Crippen LogP contribution in [-0.4, -0.2) is 29.3 Å². The van der Waals surface area contributed by atoms with Gasteiger partial charge in [0.1, 0.15) is 0 Å². The Morgan fingerprint density at radius 1 is 1.37 bits per heavy atom. The second-order valence-corrected chi connectivity index (χ2v) is 7.50. The van der Waals surface area contributed by atoms with E-state index in [2.05, 4.69) is 11.8 Å². The molecule has 2 aliphatic rings. The van der Waals surface area contributed by atoms with E-state index in [1.165, 1.54) is 43.4 Å². The van der Waals surface area contributed by atoms with E-state index in [0.717, 1.165) is 17.3 Å². The third-order valence-electron chi connectivity index (χ3n) is 4.73. The van der Waals surface area contributed by atoms with Gasteiger partial charge in [-0.05, 0) is 57.2 Å². The van der Waals surface area contributed by atoms with Crippen molar-refractivity contribution >= 4 is 28.7 Å². The number of ketones is 1. The molecule has 4 heteroatoms. The fourth-order valence-electron chi connectivity index (χ4n) is 3.78. The molecular formula is C15H20ClNOS. The first kappa shape index (κ1) is 13.6. The second kappa shape index (κ2) is 5.55. The quantitative estimate of drug-likeness (QED) is 0.778. The molecular weight excluding hydrogens is 278 g/mol. The first-order valence-electron chi connectivity index (χ1n) is 7.22. The van der Waals surface area contributed by atoms with Crippen LogP contribution in [-0.2, 0) is 0 Å². The van der Waals surface area contributed by atoms with Crippen LogP contribution in [0.2, 0.25) is 4.34 Å². The monoisotopic (exact) mass is 297 g/mol. The molecule has 3 rings (SSSR count). The van der Waals surface area contributed by atoms with Crippen molar-refractivity contribution in [2.24, 2.45) is 5.92 Å². The zero-order valence-electron chi connectivity index (χ0n) is 11.3. The van der Waals surface area contributed by atoms with Gasteiger partial charge in [-0.2, -0.15) is 0 Å².